The predicted molar refractivity (Wildman–Crippen MR) is 118 cm³/mol. The number of aliphatic hydroxyl groups excluding tert-OH is 3. The lowest BCUT2D eigenvalue weighted by Crippen LogP contribution is -2.78. The summed E-state index contributed by atoms with van der Waals surface area (Å²) in [5.74, 6) is -6.72. The number of allylic oxidation sites excluding steroid dienone is 1. The van der Waals surface area contributed by atoms with Gasteiger partial charge in [0.1, 0.15) is 12.2 Å². The van der Waals surface area contributed by atoms with Gasteiger partial charge in [0, 0.05) is 22.7 Å². The monoisotopic (exact) mass is 496 g/mol. The van der Waals surface area contributed by atoms with Crippen LogP contribution in [0.15, 0.2) is 11.6 Å². The second-order valence-electron chi connectivity index (χ2n) is 11.8. The first kappa shape index (κ1) is 25.1. The lowest BCUT2D eigenvalue weighted by Gasteiger charge is -2.68. The van der Waals surface area contributed by atoms with Gasteiger partial charge in [0.2, 0.25) is 6.10 Å². The minimum absolute atomic E-state index is 0.0607. The summed E-state index contributed by atoms with van der Waals surface area (Å²) in [6, 6.07) is 0. The van der Waals surface area contributed by atoms with Crippen LogP contribution in [-0.4, -0.2) is 86.0 Å². The van der Waals surface area contributed by atoms with Gasteiger partial charge in [-0.1, -0.05) is 32.4 Å². The van der Waals surface area contributed by atoms with Crippen molar-refractivity contribution in [1.29, 1.82) is 0 Å². The first-order chi connectivity index (χ1) is 16.2. The topological polar surface area (TPSA) is 163 Å². The van der Waals surface area contributed by atoms with Gasteiger partial charge in [-0.3, -0.25) is 0 Å². The van der Waals surface area contributed by atoms with Crippen molar-refractivity contribution in [2.75, 3.05) is 6.61 Å². The molecule has 0 aromatic rings. The van der Waals surface area contributed by atoms with Crippen LogP contribution in [-0.2, 0) is 23.8 Å². The van der Waals surface area contributed by atoms with Gasteiger partial charge in [-0.05, 0) is 38.5 Å². The Hall–Kier alpha value is -1.56. The maximum atomic E-state index is 13.3. The fourth-order valence-electron chi connectivity index (χ4n) is 8.28. The van der Waals surface area contributed by atoms with Crippen molar-refractivity contribution in [2.45, 2.75) is 89.4 Å². The molecule has 3 aliphatic carbocycles. The molecule has 5 N–H and O–H groups in total. The van der Waals surface area contributed by atoms with Gasteiger partial charge in [-0.2, -0.15) is 0 Å². The first-order valence-electron chi connectivity index (χ1n) is 12.4. The molecule has 13 atom stereocenters. The quantitative estimate of drug-likeness (QED) is 0.258. The number of rotatable bonds is 3. The van der Waals surface area contributed by atoms with Gasteiger partial charge in [0.05, 0.1) is 18.8 Å². The molecule has 4 fully saturated rings. The Kier molecular flexibility index (Phi) is 5.37. The zero-order valence-corrected chi connectivity index (χ0v) is 20.7. The minimum Gasteiger partial charge on any atom is -0.459 e. The van der Waals surface area contributed by atoms with Crippen molar-refractivity contribution in [3.8, 4) is 0 Å². The molecule has 0 aromatic carbocycles. The van der Waals surface area contributed by atoms with Crippen LogP contribution in [0.4, 0.5) is 0 Å². The zero-order chi connectivity index (χ0) is 25.9. The third-order valence-corrected chi connectivity index (χ3v) is 10.2. The van der Waals surface area contributed by atoms with Crippen LogP contribution in [0, 0.1) is 34.5 Å². The highest BCUT2D eigenvalue weighted by Gasteiger charge is 2.83. The summed E-state index contributed by atoms with van der Waals surface area (Å²) in [7, 11) is 0. The number of hydrogen-bond donors (Lipinski definition) is 5. The van der Waals surface area contributed by atoms with Gasteiger partial charge in [0.15, 0.2) is 11.4 Å². The molecule has 10 nitrogen and oxygen atoms in total. The standard InChI is InChI=1S/C25H36O10/c1-6-22(4,31)21(30)35-16-15-11(3)17(27)25(32)20-23(5)12(10(2)7-13(26)18(23)28)8-14(34-19(16)29)24(15,20)9-33-25/h7,11-18,20,26-28,31-32H,6,8-9H2,1-5H3/t11?,12?,13-,14?,15?,16+,17+,18+,20?,22?,23?,24?,25+/m0/s1. The summed E-state index contributed by atoms with van der Waals surface area (Å²) >= 11 is 0. The lowest BCUT2D eigenvalue weighted by atomic mass is 9.38. The largest absolute Gasteiger partial charge is 0.459 e. The van der Waals surface area contributed by atoms with Crippen LogP contribution in [0.1, 0.15) is 47.5 Å². The van der Waals surface area contributed by atoms with E-state index in [0.29, 0.717) is 6.42 Å². The Bertz CT molecular complexity index is 977. The summed E-state index contributed by atoms with van der Waals surface area (Å²) < 4.78 is 17.4. The normalized spacial score (nSPS) is 54.1. The van der Waals surface area contributed by atoms with Crippen molar-refractivity contribution in [1.82, 2.24) is 0 Å². The fraction of sp³-hybridized carbons (Fsp3) is 0.840. The molecule has 2 aliphatic heterocycles. The van der Waals surface area contributed by atoms with Crippen molar-refractivity contribution in [3.63, 3.8) is 0 Å². The van der Waals surface area contributed by atoms with Crippen LogP contribution >= 0.6 is 0 Å². The molecule has 0 aromatic heterocycles. The van der Waals surface area contributed by atoms with E-state index in [0.717, 1.165) is 5.57 Å². The Morgan fingerprint density at radius 3 is 2.57 bits per heavy atom. The SMILES string of the molecule is CCC(C)(O)C(=O)O[C@H]1C(=O)OC2CC3C(C)=C[C@H](O)[C@@H](O)C3(C)C3C24CO[C@]3(O)[C@H](O)C(C)C14. The van der Waals surface area contributed by atoms with Crippen LogP contribution in [0.2, 0.25) is 0 Å². The van der Waals surface area contributed by atoms with Crippen LogP contribution in [0.25, 0.3) is 0 Å². The number of aliphatic hydroxyl groups is 5. The molecule has 35 heavy (non-hydrogen) atoms. The molecule has 0 amide bonds. The second-order valence-corrected chi connectivity index (χ2v) is 11.8. The smallest absolute Gasteiger partial charge is 0.348 e. The number of esters is 2. The van der Waals surface area contributed by atoms with E-state index in [1.807, 2.05) is 6.92 Å². The Morgan fingerprint density at radius 2 is 1.94 bits per heavy atom. The Labute approximate surface area is 203 Å². The van der Waals surface area contributed by atoms with Gasteiger partial charge in [-0.15, -0.1) is 0 Å². The van der Waals surface area contributed by atoms with Gasteiger partial charge >= 0.3 is 11.9 Å². The molecule has 8 unspecified atom stereocenters. The number of ether oxygens (including phenoxy) is 3. The molecule has 0 radical (unpaired) electrons. The summed E-state index contributed by atoms with van der Waals surface area (Å²) in [6.07, 6.45) is -4.18. The molecule has 196 valence electrons. The fourth-order valence-corrected chi connectivity index (χ4v) is 8.28. The van der Waals surface area contributed by atoms with E-state index >= 15 is 0 Å². The highest BCUT2D eigenvalue weighted by Crippen LogP contribution is 2.74. The zero-order valence-electron chi connectivity index (χ0n) is 20.7. The summed E-state index contributed by atoms with van der Waals surface area (Å²) in [5.41, 5.74) is -3.29. The maximum absolute atomic E-state index is 13.3. The van der Waals surface area contributed by atoms with E-state index in [4.69, 9.17) is 14.2 Å². The van der Waals surface area contributed by atoms with Crippen LogP contribution in [0.3, 0.4) is 0 Å². The van der Waals surface area contributed by atoms with Gasteiger partial charge in [-0.25, -0.2) is 9.59 Å². The summed E-state index contributed by atoms with van der Waals surface area (Å²) in [5, 5.41) is 55.6. The van der Waals surface area contributed by atoms with E-state index in [1.165, 1.54) is 6.92 Å². The maximum Gasteiger partial charge on any atom is 0.348 e. The van der Waals surface area contributed by atoms with Crippen LogP contribution < -0.4 is 0 Å². The average Bonchev–Trinajstić information content (AvgIpc) is 3.08. The molecule has 5 rings (SSSR count). The van der Waals surface area contributed by atoms with Crippen molar-refractivity contribution in [3.05, 3.63) is 11.6 Å². The number of fused-ring (bicyclic) bond motifs is 1. The lowest BCUT2D eigenvalue weighted by molar-refractivity contribution is -0.345. The number of carbonyl (C=O) groups excluding carboxylic acids is 2. The summed E-state index contributed by atoms with van der Waals surface area (Å²) in [4.78, 5) is 26.1. The third-order valence-electron chi connectivity index (χ3n) is 10.2. The van der Waals surface area contributed by atoms with Crippen LogP contribution in [0.5, 0.6) is 0 Å². The van der Waals surface area contributed by atoms with E-state index in [2.05, 4.69) is 0 Å². The molecular formula is C25H36O10. The second kappa shape index (κ2) is 7.49. The van der Waals surface area contributed by atoms with Crippen molar-refractivity contribution < 1.29 is 49.3 Å². The first-order valence-corrected chi connectivity index (χ1v) is 12.4. The molecule has 1 spiro atoms. The highest BCUT2D eigenvalue weighted by atomic mass is 16.7. The molecular weight excluding hydrogens is 460 g/mol. The highest BCUT2D eigenvalue weighted by molar-refractivity contribution is 5.84. The number of hydrogen-bond acceptors (Lipinski definition) is 10. The summed E-state index contributed by atoms with van der Waals surface area (Å²) in [6.45, 7) is 8.06. The molecule has 2 bridgehead atoms. The minimum atomic E-state index is -2.08. The van der Waals surface area contributed by atoms with Crippen molar-refractivity contribution in [2.24, 2.45) is 34.5 Å². The molecule has 2 heterocycles. The van der Waals surface area contributed by atoms with E-state index in [-0.39, 0.29) is 18.9 Å². The molecule has 2 saturated heterocycles. The van der Waals surface area contributed by atoms with E-state index in [1.54, 1.807) is 26.8 Å². The average molecular weight is 497 g/mol. The molecule has 5 aliphatic rings. The number of carbonyl (C=O) groups is 2. The Balaban J connectivity index is 1.68. The van der Waals surface area contributed by atoms with E-state index < -0.39 is 82.4 Å². The Morgan fingerprint density at radius 1 is 1.29 bits per heavy atom. The predicted octanol–water partition coefficient (Wildman–Crippen LogP) is -0.359. The van der Waals surface area contributed by atoms with Gasteiger partial charge < -0.3 is 39.7 Å². The molecule has 10 heteroatoms. The third kappa shape index (κ3) is 2.86. The molecule has 2 saturated carbocycles. The van der Waals surface area contributed by atoms with E-state index in [9.17, 15) is 35.1 Å². The van der Waals surface area contributed by atoms with Crippen molar-refractivity contribution >= 4 is 11.9 Å². The van der Waals surface area contributed by atoms with Gasteiger partial charge in [0.25, 0.3) is 0 Å².